The molecule has 0 unspecified atom stereocenters. The molecule has 3 rings (SSSR count). The van der Waals surface area contributed by atoms with Gasteiger partial charge in [-0.3, -0.25) is 4.90 Å². The van der Waals surface area contributed by atoms with Crippen molar-refractivity contribution in [3.05, 3.63) is 29.8 Å². The number of anilines is 1. The largest absolute Gasteiger partial charge is 0.389 e. The SMILES string of the molecule is N#Cc1ccccc1N1CCCN(CC2(O)CCCCC2)CC1. The minimum atomic E-state index is -0.474. The lowest BCUT2D eigenvalue weighted by Crippen LogP contribution is -2.45. The summed E-state index contributed by atoms with van der Waals surface area (Å²) in [4.78, 5) is 4.74. The van der Waals surface area contributed by atoms with Crippen molar-refractivity contribution < 1.29 is 5.11 Å². The molecule has 1 aliphatic heterocycles. The molecule has 2 aliphatic rings. The number of para-hydroxylation sites is 1. The summed E-state index contributed by atoms with van der Waals surface area (Å²) in [6.45, 7) is 4.71. The van der Waals surface area contributed by atoms with Gasteiger partial charge in [-0.1, -0.05) is 31.4 Å². The van der Waals surface area contributed by atoms with Crippen LogP contribution in [0.4, 0.5) is 5.69 Å². The van der Waals surface area contributed by atoms with Crippen LogP contribution >= 0.6 is 0 Å². The van der Waals surface area contributed by atoms with Gasteiger partial charge in [0.1, 0.15) is 6.07 Å². The van der Waals surface area contributed by atoms with Crippen molar-refractivity contribution in [2.45, 2.75) is 44.1 Å². The van der Waals surface area contributed by atoms with Gasteiger partial charge in [0.05, 0.1) is 16.9 Å². The minimum absolute atomic E-state index is 0.474. The van der Waals surface area contributed by atoms with Gasteiger partial charge in [-0.2, -0.15) is 5.26 Å². The van der Waals surface area contributed by atoms with Crippen LogP contribution in [0.5, 0.6) is 0 Å². The molecule has 2 fully saturated rings. The molecule has 1 aromatic carbocycles. The fraction of sp³-hybridized carbons (Fsp3) is 0.632. The predicted octanol–water partition coefficient (Wildman–Crippen LogP) is 2.77. The molecule has 0 aromatic heterocycles. The monoisotopic (exact) mass is 313 g/mol. The second-order valence-corrected chi connectivity index (χ2v) is 7.03. The molecule has 1 N–H and O–H groups in total. The maximum absolute atomic E-state index is 10.8. The van der Waals surface area contributed by atoms with Crippen molar-refractivity contribution in [3.8, 4) is 6.07 Å². The van der Waals surface area contributed by atoms with Gasteiger partial charge < -0.3 is 10.0 Å². The highest BCUT2D eigenvalue weighted by Crippen LogP contribution is 2.29. The topological polar surface area (TPSA) is 50.5 Å². The van der Waals surface area contributed by atoms with E-state index in [0.717, 1.165) is 76.1 Å². The van der Waals surface area contributed by atoms with E-state index < -0.39 is 5.60 Å². The molecule has 0 radical (unpaired) electrons. The first-order chi connectivity index (χ1) is 11.2. The predicted molar refractivity (Wildman–Crippen MR) is 92.5 cm³/mol. The summed E-state index contributed by atoms with van der Waals surface area (Å²) in [6, 6.07) is 10.2. The Balaban J connectivity index is 1.62. The Hall–Kier alpha value is -1.57. The summed E-state index contributed by atoms with van der Waals surface area (Å²) in [6.07, 6.45) is 6.56. The zero-order valence-corrected chi connectivity index (χ0v) is 13.9. The molecule has 124 valence electrons. The molecular weight excluding hydrogens is 286 g/mol. The number of nitrogens with zero attached hydrogens (tertiary/aromatic N) is 3. The summed E-state index contributed by atoms with van der Waals surface area (Å²) in [5.41, 5.74) is 1.33. The van der Waals surface area contributed by atoms with Crippen LogP contribution in [0, 0.1) is 11.3 Å². The number of aliphatic hydroxyl groups is 1. The van der Waals surface area contributed by atoms with Crippen molar-refractivity contribution in [1.29, 1.82) is 5.26 Å². The van der Waals surface area contributed by atoms with Gasteiger partial charge in [-0.15, -0.1) is 0 Å². The molecule has 1 heterocycles. The van der Waals surface area contributed by atoms with Gasteiger partial charge in [0.25, 0.3) is 0 Å². The quantitative estimate of drug-likeness (QED) is 0.932. The molecule has 0 atom stereocenters. The smallest absolute Gasteiger partial charge is 0.101 e. The van der Waals surface area contributed by atoms with E-state index in [1.165, 1.54) is 6.42 Å². The molecule has 1 aliphatic carbocycles. The Morgan fingerprint density at radius 2 is 1.78 bits per heavy atom. The lowest BCUT2D eigenvalue weighted by atomic mass is 9.84. The molecule has 0 spiro atoms. The number of rotatable bonds is 3. The number of hydrogen-bond acceptors (Lipinski definition) is 4. The molecule has 1 saturated heterocycles. The van der Waals surface area contributed by atoms with Crippen molar-refractivity contribution in [2.24, 2.45) is 0 Å². The Morgan fingerprint density at radius 3 is 2.57 bits per heavy atom. The second kappa shape index (κ2) is 7.33. The number of nitriles is 1. The third-order valence-corrected chi connectivity index (χ3v) is 5.26. The van der Waals surface area contributed by atoms with Crippen LogP contribution in [0.2, 0.25) is 0 Å². The van der Waals surface area contributed by atoms with Crippen LogP contribution in [-0.2, 0) is 0 Å². The van der Waals surface area contributed by atoms with E-state index in [-0.39, 0.29) is 0 Å². The fourth-order valence-electron chi connectivity index (χ4n) is 4.00. The summed E-state index contributed by atoms with van der Waals surface area (Å²) in [5.74, 6) is 0. The first-order valence-electron chi connectivity index (χ1n) is 8.89. The van der Waals surface area contributed by atoms with Gasteiger partial charge in [-0.05, 0) is 31.4 Å². The van der Waals surface area contributed by atoms with Crippen LogP contribution in [-0.4, -0.2) is 48.3 Å². The molecular formula is C19H27N3O. The average Bonchev–Trinajstić information content (AvgIpc) is 2.80. The van der Waals surface area contributed by atoms with Crippen LogP contribution in [0.15, 0.2) is 24.3 Å². The second-order valence-electron chi connectivity index (χ2n) is 7.03. The van der Waals surface area contributed by atoms with Gasteiger partial charge >= 0.3 is 0 Å². The van der Waals surface area contributed by atoms with Gasteiger partial charge in [0.15, 0.2) is 0 Å². The first kappa shape index (κ1) is 16.3. The van der Waals surface area contributed by atoms with Crippen molar-refractivity contribution in [2.75, 3.05) is 37.6 Å². The van der Waals surface area contributed by atoms with Crippen molar-refractivity contribution in [3.63, 3.8) is 0 Å². The van der Waals surface area contributed by atoms with E-state index in [2.05, 4.69) is 15.9 Å². The Morgan fingerprint density at radius 1 is 1.00 bits per heavy atom. The van der Waals surface area contributed by atoms with Crippen LogP contribution < -0.4 is 4.90 Å². The van der Waals surface area contributed by atoms with E-state index >= 15 is 0 Å². The average molecular weight is 313 g/mol. The lowest BCUT2D eigenvalue weighted by Gasteiger charge is -2.36. The Bertz CT molecular complexity index is 560. The molecule has 23 heavy (non-hydrogen) atoms. The van der Waals surface area contributed by atoms with E-state index in [1.807, 2.05) is 24.3 Å². The van der Waals surface area contributed by atoms with Crippen LogP contribution in [0.3, 0.4) is 0 Å². The lowest BCUT2D eigenvalue weighted by molar-refractivity contribution is -0.0248. The summed E-state index contributed by atoms with van der Waals surface area (Å²) in [5, 5.41) is 20.1. The van der Waals surface area contributed by atoms with Gasteiger partial charge in [0.2, 0.25) is 0 Å². The Kier molecular flexibility index (Phi) is 5.20. The zero-order chi connectivity index (χ0) is 16.1. The fourth-order valence-corrected chi connectivity index (χ4v) is 4.00. The maximum Gasteiger partial charge on any atom is 0.101 e. The molecule has 0 bridgehead atoms. The van der Waals surface area contributed by atoms with Crippen molar-refractivity contribution >= 4 is 5.69 Å². The van der Waals surface area contributed by atoms with E-state index in [0.29, 0.717) is 0 Å². The molecule has 1 aromatic rings. The highest BCUT2D eigenvalue weighted by atomic mass is 16.3. The molecule has 4 nitrogen and oxygen atoms in total. The highest BCUT2D eigenvalue weighted by Gasteiger charge is 2.31. The molecule has 1 saturated carbocycles. The highest BCUT2D eigenvalue weighted by molar-refractivity contribution is 5.59. The minimum Gasteiger partial charge on any atom is -0.389 e. The van der Waals surface area contributed by atoms with Gasteiger partial charge in [-0.25, -0.2) is 0 Å². The van der Waals surface area contributed by atoms with Gasteiger partial charge in [0, 0.05) is 32.7 Å². The van der Waals surface area contributed by atoms with E-state index in [1.54, 1.807) is 0 Å². The van der Waals surface area contributed by atoms with E-state index in [9.17, 15) is 10.4 Å². The Labute approximate surface area is 139 Å². The third-order valence-electron chi connectivity index (χ3n) is 5.26. The van der Waals surface area contributed by atoms with E-state index in [4.69, 9.17) is 0 Å². The molecule has 0 amide bonds. The number of benzene rings is 1. The molecule has 4 heteroatoms. The summed E-state index contributed by atoms with van der Waals surface area (Å²) < 4.78 is 0. The van der Waals surface area contributed by atoms with Crippen LogP contribution in [0.1, 0.15) is 44.1 Å². The van der Waals surface area contributed by atoms with Crippen molar-refractivity contribution in [1.82, 2.24) is 4.90 Å². The number of hydrogen-bond donors (Lipinski definition) is 1. The maximum atomic E-state index is 10.8. The number of β-amino-alcohol motifs (C(OH)–C–C–N with tert-alkyl or cyclic N) is 1. The normalized spacial score (nSPS) is 22.3. The zero-order valence-electron chi connectivity index (χ0n) is 13.9. The standard InChI is InChI=1S/C19H27N3O/c20-15-17-7-2-3-8-18(17)22-12-6-11-21(13-14-22)16-19(23)9-4-1-5-10-19/h2-3,7-8,23H,1,4-6,9-14,16H2. The summed E-state index contributed by atoms with van der Waals surface area (Å²) >= 11 is 0. The summed E-state index contributed by atoms with van der Waals surface area (Å²) in [7, 11) is 0. The van der Waals surface area contributed by atoms with Crippen LogP contribution in [0.25, 0.3) is 0 Å². The third kappa shape index (κ3) is 4.04. The first-order valence-corrected chi connectivity index (χ1v) is 8.89.